The van der Waals surface area contributed by atoms with Crippen LogP contribution in [0.2, 0.25) is 0 Å². The fraction of sp³-hybridized carbons (Fsp3) is 0. The highest BCUT2D eigenvalue weighted by molar-refractivity contribution is 9.10. The van der Waals surface area contributed by atoms with Gasteiger partial charge in [-0.25, -0.2) is 9.37 Å². The van der Waals surface area contributed by atoms with Crippen molar-refractivity contribution in [1.82, 2.24) is 9.97 Å². The van der Waals surface area contributed by atoms with E-state index in [4.69, 9.17) is 10.5 Å². The molecule has 0 bridgehead atoms. The maximum absolute atomic E-state index is 12.9. The lowest BCUT2D eigenvalue weighted by molar-refractivity contribution is 0.454. The van der Waals surface area contributed by atoms with Crippen molar-refractivity contribution in [1.29, 1.82) is 0 Å². The van der Waals surface area contributed by atoms with E-state index in [0.29, 0.717) is 10.2 Å². The number of ether oxygens (including phenoxy) is 1. The molecule has 0 aliphatic rings. The monoisotopic (exact) mass is 283 g/mol. The Bertz CT molecular complexity index is 521. The minimum absolute atomic E-state index is 0.0922. The molecule has 2 rings (SSSR count). The fourth-order valence-electron chi connectivity index (χ4n) is 1.08. The summed E-state index contributed by atoms with van der Waals surface area (Å²) in [7, 11) is 0. The summed E-state index contributed by atoms with van der Waals surface area (Å²) in [6.07, 6.45) is 1.47. The molecule has 0 fully saturated rings. The van der Waals surface area contributed by atoms with Crippen LogP contribution in [0.4, 0.5) is 10.3 Å². The number of nitrogens with two attached hydrogens (primary N) is 1. The van der Waals surface area contributed by atoms with Gasteiger partial charge in [0.05, 0.1) is 10.7 Å². The van der Waals surface area contributed by atoms with Crippen molar-refractivity contribution in [3.05, 3.63) is 40.8 Å². The van der Waals surface area contributed by atoms with E-state index >= 15 is 0 Å². The van der Waals surface area contributed by atoms with Gasteiger partial charge in [0, 0.05) is 6.07 Å². The summed E-state index contributed by atoms with van der Waals surface area (Å²) in [5, 5.41) is 0. The van der Waals surface area contributed by atoms with Crippen LogP contribution in [0.5, 0.6) is 11.6 Å². The standard InChI is InChI=1S/C10H7BrFN3O/c11-8-5-14-10(13)15-9(8)16-7-3-1-2-6(12)4-7/h1-5H,(H2,13,14,15). The minimum Gasteiger partial charge on any atom is -0.438 e. The van der Waals surface area contributed by atoms with E-state index in [2.05, 4.69) is 25.9 Å². The molecule has 0 aliphatic carbocycles. The zero-order valence-corrected chi connectivity index (χ0v) is 9.61. The minimum atomic E-state index is -0.379. The van der Waals surface area contributed by atoms with Gasteiger partial charge in [-0.3, -0.25) is 0 Å². The van der Waals surface area contributed by atoms with E-state index < -0.39 is 0 Å². The van der Waals surface area contributed by atoms with Crippen molar-refractivity contribution in [2.75, 3.05) is 5.73 Å². The van der Waals surface area contributed by atoms with Gasteiger partial charge in [-0.05, 0) is 28.1 Å². The Hall–Kier alpha value is -1.69. The van der Waals surface area contributed by atoms with E-state index in [1.807, 2.05) is 0 Å². The van der Waals surface area contributed by atoms with E-state index in [9.17, 15) is 4.39 Å². The number of nitrogen functional groups attached to an aromatic ring is 1. The summed E-state index contributed by atoms with van der Waals surface area (Å²) in [5.74, 6) is 0.308. The summed E-state index contributed by atoms with van der Waals surface area (Å²) in [6, 6.07) is 5.75. The van der Waals surface area contributed by atoms with Crippen LogP contribution in [0, 0.1) is 5.82 Å². The maximum atomic E-state index is 12.9. The Morgan fingerprint density at radius 2 is 2.19 bits per heavy atom. The Kier molecular flexibility index (Phi) is 3.00. The van der Waals surface area contributed by atoms with Crippen molar-refractivity contribution in [3.63, 3.8) is 0 Å². The molecular formula is C10H7BrFN3O. The number of aromatic nitrogens is 2. The highest BCUT2D eigenvalue weighted by atomic mass is 79.9. The molecule has 4 nitrogen and oxygen atoms in total. The molecule has 1 aromatic heterocycles. The molecule has 16 heavy (non-hydrogen) atoms. The number of hydrogen-bond acceptors (Lipinski definition) is 4. The fourth-order valence-corrected chi connectivity index (χ4v) is 1.35. The predicted octanol–water partition coefficient (Wildman–Crippen LogP) is 2.75. The van der Waals surface area contributed by atoms with Gasteiger partial charge in [-0.15, -0.1) is 0 Å². The van der Waals surface area contributed by atoms with Gasteiger partial charge >= 0.3 is 0 Å². The molecular weight excluding hydrogens is 277 g/mol. The number of halogens is 2. The first kappa shape index (κ1) is 10.8. The smallest absolute Gasteiger partial charge is 0.238 e. The summed E-state index contributed by atoms with van der Waals surface area (Å²) in [4.78, 5) is 7.64. The van der Waals surface area contributed by atoms with Crippen molar-refractivity contribution < 1.29 is 9.13 Å². The van der Waals surface area contributed by atoms with E-state index in [-0.39, 0.29) is 17.6 Å². The second-order valence-electron chi connectivity index (χ2n) is 2.94. The zero-order chi connectivity index (χ0) is 11.5. The van der Waals surface area contributed by atoms with Crippen LogP contribution in [0.25, 0.3) is 0 Å². The highest BCUT2D eigenvalue weighted by Gasteiger charge is 2.06. The molecule has 2 N–H and O–H groups in total. The molecule has 0 saturated carbocycles. The third-order valence-electron chi connectivity index (χ3n) is 1.74. The van der Waals surface area contributed by atoms with Crippen LogP contribution in [0.3, 0.4) is 0 Å². The van der Waals surface area contributed by atoms with E-state index in [0.717, 1.165) is 0 Å². The first-order chi connectivity index (χ1) is 7.65. The predicted molar refractivity (Wildman–Crippen MR) is 60.6 cm³/mol. The Morgan fingerprint density at radius 1 is 1.38 bits per heavy atom. The quantitative estimate of drug-likeness (QED) is 0.921. The third-order valence-corrected chi connectivity index (χ3v) is 2.29. The van der Waals surface area contributed by atoms with Crippen molar-refractivity contribution in [2.45, 2.75) is 0 Å². The van der Waals surface area contributed by atoms with Crippen LogP contribution in [-0.2, 0) is 0 Å². The van der Waals surface area contributed by atoms with Gasteiger partial charge in [0.2, 0.25) is 11.8 Å². The topological polar surface area (TPSA) is 61.0 Å². The largest absolute Gasteiger partial charge is 0.438 e. The molecule has 0 saturated heterocycles. The second-order valence-corrected chi connectivity index (χ2v) is 3.80. The Labute approximate surface area is 99.4 Å². The number of hydrogen-bond donors (Lipinski definition) is 1. The maximum Gasteiger partial charge on any atom is 0.238 e. The average molecular weight is 284 g/mol. The van der Waals surface area contributed by atoms with Gasteiger partial charge in [-0.1, -0.05) is 6.07 Å². The lowest BCUT2D eigenvalue weighted by Crippen LogP contribution is -1.97. The molecule has 0 atom stereocenters. The lowest BCUT2D eigenvalue weighted by atomic mass is 10.3. The molecule has 0 spiro atoms. The molecule has 1 heterocycles. The first-order valence-electron chi connectivity index (χ1n) is 4.36. The second kappa shape index (κ2) is 4.44. The lowest BCUT2D eigenvalue weighted by Gasteiger charge is -2.06. The van der Waals surface area contributed by atoms with E-state index in [1.165, 1.54) is 18.3 Å². The summed E-state index contributed by atoms with van der Waals surface area (Å²) in [5.41, 5.74) is 5.41. The third kappa shape index (κ3) is 2.46. The highest BCUT2D eigenvalue weighted by Crippen LogP contribution is 2.27. The van der Waals surface area contributed by atoms with Crippen molar-refractivity contribution in [3.8, 4) is 11.6 Å². The number of anilines is 1. The van der Waals surface area contributed by atoms with Gasteiger partial charge in [0.25, 0.3) is 0 Å². The van der Waals surface area contributed by atoms with Gasteiger partial charge < -0.3 is 10.5 Å². The van der Waals surface area contributed by atoms with Crippen LogP contribution >= 0.6 is 15.9 Å². The number of rotatable bonds is 2. The summed E-state index contributed by atoms with van der Waals surface area (Å²) >= 11 is 3.21. The van der Waals surface area contributed by atoms with Gasteiger partial charge in [-0.2, -0.15) is 4.98 Å². The normalized spacial score (nSPS) is 10.1. The molecule has 2 aromatic rings. The van der Waals surface area contributed by atoms with Crippen LogP contribution in [0.1, 0.15) is 0 Å². The molecule has 82 valence electrons. The molecule has 6 heteroatoms. The zero-order valence-electron chi connectivity index (χ0n) is 8.02. The molecule has 0 radical (unpaired) electrons. The van der Waals surface area contributed by atoms with Crippen LogP contribution < -0.4 is 10.5 Å². The summed E-state index contributed by atoms with van der Waals surface area (Å²) < 4.78 is 18.8. The van der Waals surface area contributed by atoms with Gasteiger partial charge in [0.1, 0.15) is 11.6 Å². The van der Waals surface area contributed by atoms with Crippen LogP contribution in [-0.4, -0.2) is 9.97 Å². The number of nitrogens with zero attached hydrogens (tertiary/aromatic N) is 2. The van der Waals surface area contributed by atoms with Crippen LogP contribution in [0.15, 0.2) is 34.9 Å². The summed E-state index contributed by atoms with van der Waals surface area (Å²) in [6.45, 7) is 0. The SMILES string of the molecule is Nc1ncc(Br)c(Oc2cccc(F)c2)n1. The molecule has 0 aliphatic heterocycles. The average Bonchev–Trinajstić information content (AvgIpc) is 2.24. The first-order valence-corrected chi connectivity index (χ1v) is 5.16. The molecule has 0 amide bonds. The van der Waals surface area contributed by atoms with Crippen molar-refractivity contribution in [2.24, 2.45) is 0 Å². The Balaban J connectivity index is 2.30. The van der Waals surface area contributed by atoms with E-state index in [1.54, 1.807) is 12.1 Å². The number of benzene rings is 1. The van der Waals surface area contributed by atoms with Gasteiger partial charge in [0.15, 0.2) is 0 Å². The molecule has 1 aromatic carbocycles. The Morgan fingerprint density at radius 3 is 2.94 bits per heavy atom. The van der Waals surface area contributed by atoms with Crippen molar-refractivity contribution >= 4 is 21.9 Å². The molecule has 0 unspecified atom stereocenters.